The van der Waals surface area contributed by atoms with Gasteiger partial charge in [0, 0.05) is 19.6 Å². The summed E-state index contributed by atoms with van der Waals surface area (Å²) in [6.45, 7) is 8.39. The molecule has 2 saturated heterocycles. The van der Waals surface area contributed by atoms with E-state index in [0.717, 1.165) is 0 Å². The Morgan fingerprint density at radius 2 is 1.89 bits per heavy atom. The summed E-state index contributed by atoms with van der Waals surface area (Å²) in [6, 6.07) is 1.26. The van der Waals surface area contributed by atoms with Crippen LogP contribution in [0.25, 0.3) is 6.08 Å². The Morgan fingerprint density at radius 3 is 2.47 bits per heavy atom. The molecule has 0 saturated carbocycles. The number of aliphatic hydroxyl groups excluding tert-OH is 2. The van der Waals surface area contributed by atoms with E-state index in [1.165, 1.54) is 33.3 Å². The van der Waals surface area contributed by atoms with E-state index in [-0.39, 0.29) is 0 Å². The van der Waals surface area contributed by atoms with Crippen LogP contribution in [0.15, 0.2) is 33.5 Å². The molecule has 3 rings (SSSR count). The van der Waals surface area contributed by atoms with Gasteiger partial charge in [0.15, 0.2) is 6.10 Å². The van der Waals surface area contributed by atoms with Crippen LogP contribution < -0.4 is 10.4 Å². The largest absolute Gasteiger partial charge is 0.496 e. The van der Waals surface area contributed by atoms with Gasteiger partial charge in [-0.25, -0.2) is 4.79 Å². The van der Waals surface area contributed by atoms with E-state index in [1.807, 2.05) is 6.92 Å². The van der Waals surface area contributed by atoms with Crippen LogP contribution in [0.5, 0.6) is 5.75 Å². The van der Waals surface area contributed by atoms with Gasteiger partial charge < -0.3 is 38.3 Å². The molecule has 0 amide bonds. The minimum atomic E-state index is -1.28. The predicted octanol–water partition coefficient (Wildman–Crippen LogP) is 1.92. The normalized spacial score (nSPS) is 33.7. The Morgan fingerprint density at radius 1 is 1.19 bits per heavy atom. The van der Waals surface area contributed by atoms with E-state index in [0.29, 0.717) is 23.5 Å². The Hall–Kier alpha value is -2.50. The van der Waals surface area contributed by atoms with Crippen molar-refractivity contribution in [3.8, 4) is 5.75 Å². The third kappa shape index (κ3) is 5.14. The van der Waals surface area contributed by atoms with E-state index < -0.39 is 59.4 Å². The zero-order valence-corrected chi connectivity index (χ0v) is 21.7. The molecule has 2 unspecified atom stereocenters. The number of aliphatic hydroxyl groups is 2. The highest BCUT2D eigenvalue weighted by Crippen LogP contribution is 2.51. The van der Waals surface area contributed by atoms with Gasteiger partial charge in [-0.15, -0.1) is 0 Å². The Kier molecular flexibility index (Phi) is 8.47. The third-order valence-electron chi connectivity index (χ3n) is 6.98. The van der Waals surface area contributed by atoms with Gasteiger partial charge >= 0.3 is 11.6 Å². The van der Waals surface area contributed by atoms with Crippen LogP contribution in [0.4, 0.5) is 0 Å². The second-order valence-corrected chi connectivity index (χ2v) is 9.46. The molecule has 1 aromatic heterocycles. The molecule has 0 aliphatic carbocycles. The van der Waals surface area contributed by atoms with Gasteiger partial charge in [0.2, 0.25) is 0 Å². The number of hydrogen-bond donors (Lipinski definition) is 2. The lowest BCUT2D eigenvalue weighted by Crippen LogP contribution is -2.68. The van der Waals surface area contributed by atoms with E-state index in [4.69, 9.17) is 28.1 Å². The van der Waals surface area contributed by atoms with E-state index in [9.17, 15) is 19.8 Å². The second-order valence-electron chi connectivity index (χ2n) is 9.46. The number of esters is 1. The summed E-state index contributed by atoms with van der Waals surface area (Å²) in [7, 11) is 2.95. The number of carbonyl (C=O) groups excluding carboxylic acids is 1. The Balaban J connectivity index is 1.80. The number of rotatable bonds is 9. The molecule has 0 radical (unpaired) electrons. The van der Waals surface area contributed by atoms with Crippen LogP contribution in [0.1, 0.15) is 45.4 Å². The summed E-state index contributed by atoms with van der Waals surface area (Å²) in [5.74, 6) is 0.216. The van der Waals surface area contributed by atoms with Gasteiger partial charge in [0.1, 0.15) is 41.0 Å². The van der Waals surface area contributed by atoms with Crippen molar-refractivity contribution >= 4 is 12.0 Å². The highest BCUT2D eigenvalue weighted by atomic mass is 16.7. The fourth-order valence-electron chi connectivity index (χ4n) is 5.07. The maximum absolute atomic E-state index is 11.8. The van der Waals surface area contributed by atoms with Crippen LogP contribution >= 0.6 is 0 Å². The van der Waals surface area contributed by atoms with Gasteiger partial charge in [-0.1, -0.05) is 19.1 Å². The van der Waals surface area contributed by atoms with Gasteiger partial charge in [-0.2, -0.15) is 0 Å². The van der Waals surface area contributed by atoms with Crippen LogP contribution in [0.2, 0.25) is 0 Å². The molecule has 0 spiro atoms. The molecular formula is C26H36O10. The zero-order chi connectivity index (χ0) is 26.8. The van der Waals surface area contributed by atoms with Crippen LogP contribution in [-0.4, -0.2) is 78.2 Å². The molecule has 2 bridgehead atoms. The molecule has 1 aromatic rings. The molecule has 2 fully saturated rings. The maximum atomic E-state index is 11.8. The number of methoxy groups -OCH3 is 2. The average molecular weight is 509 g/mol. The molecular weight excluding hydrogens is 472 g/mol. The standard InChI is InChI=1S/C26H36O10/c1-8-20-25(4)24(33-15(3)27)26(5,35-20)23(30)22(36-25)17(28)11-9-16(31-6)10-12-18-14(2)19(32-7)13-21(29)34-18/h9-13,16-17,20,22-24,28,30H,8H2,1-7H3/b11-9+,12-10+/t16?,17?,20-,22+,23+,24-,25+,26-/m1/s1. The van der Waals surface area contributed by atoms with Crippen LogP contribution in [0, 0.1) is 6.92 Å². The summed E-state index contributed by atoms with van der Waals surface area (Å²) < 4.78 is 33.7. The fraction of sp³-hybridized carbons (Fsp3) is 0.615. The molecule has 2 aliphatic heterocycles. The molecule has 200 valence electrons. The fourth-order valence-corrected chi connectivity index (χ4v) is 5.07. The Labute approximate surface area is 210 Å². The molecule has 8 atom stereocenters. The number of ether oxygens (including phenoxy) is 5. The molecule has 10 nitrogen and oxygen atoms in total. The molecule has 3 heterocycles. The van der Waals surface area contributed by atoms with E-state index >= 15 is 0 Å². The van der Waals surface area contributed by atoms with Crippen LogP contribution in [0.3, 0.4) is 0 Å². The topological polar surface area (TPSA) is 134 Å². The van der Waals surface area contributed by atoms with Crippen molar-refractivity contribution in [1.82, 2.24) is 0 Å². The lowest BCUT2D eigenvalue weighted by molar-refractivity contribution is -0.259. The van der Waals surface area contributed by atoms with Crippen molar-refractivity contribution in [2.75, 3.05) is 14.2 Å². The molecule has 0 aromatic carbocycles. The second kappa shape index (κ2) is 10.9. The van der Waals surface area contributed by atoms with E-state index in [2.05, 4.69) is 0 Å². The van der Waals surface area contributed by atoms with Gasteiger partial charge in [-0.05, 0) is 39.3 Å². The quantitative estimate of drug-likeness (QED) is 0.376. The predicted molar refractivity (Wildman–Crippen MR) is 130 cm³/mol. The number of hydrogen-bond acceptors (Lipinski definition) is 10. The summed E-state index contributed by atoms with van der Waals surface area (Å²) in [5.41, 5.74) is -2.22. The van der Waals surface area contributed by atoms with Gasteiger partial charge in [0.05, 0.1) is 25.4 Å². The lowest BCUT2D eigenvalue weighted by Gasteiger charge is -2.48. The first-order valence-corrected chi connectivity index (χ1v) is 11.9. The van der Waals surface area contributed by atoms with Gasteiger partial charge in [0.25, 0.3) is 0 Å². The highest BCUT2D eigenvalue weighted by Gasteiger charge is 2.70. The number of fused-ring (bicyclic) bond motifs is 2. The van der Waals surface area contributed by atoms with Crippen molar-refractivity contribution < 1.29 is 43.1 Å². The summed E-state index contributed by atoms with van der Waals surface area (Å²) in [6.07, 6.45) is 1.41. The molecule has 2 aliphatic rings. The smallest absolute Gasteiger partial charge is 0.339 e. The SMILES string of the molecule is CC[C@H]1O[C@@]2(C)[C@H](OC(C)=O)[C@@]1(C)O[C@@H](C(O)/C=C/C(/C=C/c1oc(=O)cc(OC)c1C)OC)[C@@H]2O. The Bertz CT molecular complexity index is 1060. The van der Waals surface area contributed by atoms with Crippen LogP contribution in [-0.2, 0) is 23.7 Å². The first-order valence-electron chi connectivity index (χ1n) is 11.9. The summed E-state index contributed by atoms with van der Waals surface area (Å²) in [5, 5.41) is 22.1. The maximum Gasteiger partial charge on any atom is 0.339 e. The highest BCUT2D eigenvalue weighted by molar-refractivity contribution is 5.66. The monoisotopic (exact) mass is 508 g/mol. The van der Waals surface area contributed by atoms with Crippen molar-refractivity contribution in [1.29, 1.82) is 0 Å². The molecule has 36 heavy (non-hydrogen) atoms. The summed E-state index contributed by atoms with van der Waals surface area (Å²) in [4.78, 5) is 23.5. The minimum absolute atomic E-state index is 0.318. The first-order chi connectivity index (χ1) is 16.9. The average Bonchev–Trinajstić information content (AvgIpc) is 2.99. The summed E-state index contributed by atoms with van der Waals surface area (Å²) >= 11 is 0. The number of carbonyl (C=O) groups is 1. The van der Waals surface area contributed by atoms with Crippen molar-refractivity contribution in [3.05, 3.63) is 46.0 Å². The lowest BCUT2D eigenvalue weighted by atomic mass is 9.76. The van der Waals surface area contributed by atoms with Crippen molar-refractivity contribution in [2.45, 2.75) is 88.9 Å². The van der Waals surface area contributed by atoms with E-state index in [1.54, 1.807) is 39.0 Å². The van der Waals surface area contributed by atoms with Crippen molar-refractivity contribution in [2.24, 2.45) is 0 Å². The van der Waals surface area contributed by atoms with Gasteiger partial charge in [-0.3, -0.25) is 4.79 Å². The third-order valence-corrected chi connectivity index (χ3v) is 6.98. The zero-order valence-electron chi connectivity index (χ0n) is 21.7. The minimum Gasteiger partial charge on any atom is -0.496 e. The molecule has 2 N–H and O–H groups in total. The van der Waals surface area contributed by atoms with Crippen molar-refractivity contribution in [3.63, 3.8) is 0 Å². The molecule has 10 heteroatoms. The first kappa shape index (κ1) is 28.1.